The van der Waals surface area contributed by atoms with Crippen LogP contribution in [0.5, 0.6) is 0 Å². The second kappa shape index (κ2) is 8.70. The Labute approximate surface area is 117 Å². The number of rotatable bonds is 8. The first-order valence-corrected chi connectivity index (χ1v) is 7.22. The number of hydrogen-bond acceptors (Lipinski definition) is 2. The van der Waals surface area contributed by atoms with Crippen molar-refractivity contribution in [3.8, 4) is 0 Å². The molecule has 0 radical (unpaired) electrons. The number of nitrogens with one attached hydrogen (secondary N) is 1. The van der Waals surface area contributed by atoms with E-state index in [1.165, 1.54) is 5.56 Å². The van der Waals surface area contributed by atoms with Crippen LogP contribution in [0.15, 0.2) is 30.3 Å². The van der Waals surface area contributed by atoms with E-state index in [1.54, 1.807) is 0 Å². The molecule has 0 aliphatic heterocycles. The quantitative estimate of drug-likeness (QED) is 0.730. The summed E-state index contributed by atoms with van der Waals surface area (Å²) in [5.74, 6) is 0.717. The molecule has 0 fully saturated rings. The molecule has 1 atom stereocenters. The number of carbonyl (C=O) groups is 1. The molecule has 0 aromatic heterocycles. The van der Waals surface area contributed by atoms with Gasteiger partial charge in [-0.2, -0.15) is 0 Å². The number of carbonyl (C=O) groups excluding carboxylic acids is 1. The van der Waals surface area contributed by atoms with Crippen molar-refractivity contribution in [3.63, 3.8) is 0 Å². The molecule has 0 saturated carbocycles. The van der Waals surface area contributed by atoms with Crippen LogP contribution in [0.1, 0.15) is 38.7 Å². The summed E-state index contributed by atoms with van der Waals surface area (Å²) in [5.41, 5.74) is 1.34. The van der Waals surface area contributed by atoms with Crippen molar-refractivity contribution < 1.29 is 4.79 Å². The van der Waals surface area contributed by atoms with Crippen LogP contribution in [0, 0.1) is 0 Å². The molecule has 1 N–H and O–H groups in total. The van der Waals surface area contributed by atoms with Gasteiger partial charge in [-0.05, 0) is 25.3 Å². The van der Waals surface area contributed by atoms with Gasteiger partial charge in [-0.25, -0.2) is 0 Å². The summed E-state index contributed by atoms with van der Waals surface area (Å²) in [6.45, 7) is 9.51. The average molecular weight is 262 g/mol. The van der Waals surface area contributed by atoms with Crippen LogP contribution in [0.25, 0.3) is 0 Å². The minimum atomic E-state index is 0.241. The molecule has 0 spiro atoms. The molecule has 1 unspecified atom stereocenters. The Kier molecular flexibility index (Phi) is 7.19. The van der Waals surface area contributed by atoms with Gasteiger partial charge in [-0.15, -0.1) is 0 Å². The molecule has 1 rings (SSSR count). The normalized spacial score (nSPS) is 12.2. The standard InChI is InChI=1S/C16H26N2O/c1-4-18(5-2)16(19)11-12-17-13-14(3)15-9-7-6-8-10-15/h6-10,14,17H,4-5,11-13H2,1-3H3. The predicted octanol–water partition coefficient (Wildman–Crippen LogP) is 2.64. The van der Waals surface area contributed by atoms with E-state index in [0.717, 1.165) is 26.2 Å². The van der Waals surface area contributed by atoms with Gasteiger partial charge in [0.1, 0.15) is 0 Å². The van der Waals surface area contributed by atoms with Crippen LogP contribution in [0.2, 0.25) is 0 Å². The maximum Gasteiger partial charge on any atom is 0.223 e. The summed E-state index contributed by atoms with van der Waals surface area (Å²) in [7, 11) is 0. The Morgan fingerprint density at radius 2 is 1.84 bits per heavy atom. The highest BCUT2D eigenvalue weighted by Crippen LogP contribution is 2.12. The van der Waals surface area contributed by atoms with Crippen molar-refractivity contribution in [2.75, 3.05) is 26.2 Å². The van der Waals surface area contributed by atoms with E-state index in [4.69, 9.17) is 0 Å². The van der Waals surface area contributed by atoms with E-state index in [9.17, 15) is 4.79 Å². The van der Waals surface area contributed by atoms with Gasteiger partial charge in [0.05, 0.1) is 0 Å². The van der Waals surface area contributed by atoms with Crippen LogP contribution in [0.4, 0.5) is 0 Å². The molecule has 0 aliphatic carbocycles. The van der Waals surface area contributed by atoms with Crippen LogP contribution >= 0.6 is 0 Å². The van der Waals surface area contributed by atoms with Crippen molar-refractivity contribution >= 4 is 5.91 Å². The average Bonchev–Trinajstić information content (AvgIpc) is 2.45. The van der Waals surface area contributed by atoms with E-state index >= 15 is 0 Å². The largest absolute Gasteiger partial charge is 0.343 e. The Morgan fingerprint density at radius 1 is 1.21 bits per heavy atom. The molecular formula is C16H26N2O. The Morgan fingerprint density at radius 3 is 2.42 bits per heavy atom. The van der Waals surface area contributed by atoms with Crippen LogP contribution in [-0.2, 0) is 4.79 Å². The summed E-state index contributed by atoms with van der Waals surface area (Å²) < 4.78 is 0. The molecule has 3 heteroatoms. The second-order valence-corrected chi connectivity index (χ2v) is 4.83. The fourth-order valence-electron chi connectivity index (χ4n) is 2.15. The molecule has 1 amide bonds. The van der Waals surface area contributed by atoms with E-state index < -0.39 is 0 Å². The SMILES string of the molecule is CCN(CC)C(=O)CCNCC(C)c1ccccc1. The molecule has 106 valence electrons. The van der Waals surface area contributed by atoms with E-state index in [1.807, 2.05) is 24.8 Å². The highest BCUT2D eigenvalue weighted by Gasteiger charge is 2.09. The molecule has 0 heterocycles. The Hall–Kier alpha value is -1.35. The smallest absolute Gasteiger partial charge is 0.223 e. The van der Waals surface area contributed by atoms with Crippen molar-refractivity contribution in [1.82, 2.24) is 10.2 Å². The lowest BCUT2D eigenvalue weighted by molar-refractivity contribution is -0.130. The maximum absolute atomic E-state index is 11.8. The van der Waals surface area contributed by atoms with Gasteiger partial charge in [0.15, 0.2) is 0 Å². The minimum Gasteiger partial charge on any atom is -0.343 e. The van der Waals surface area contributed by atoms with Gasteiger partial charge in [-0.3, -0.25) is 4.79 Å². The van der Waals surface area contributed by atoms with Crippen molar-refractivity contribution in [3.05, 3.63) is 35.9 Å². The summed E-state index contributed by atoms with van der Waals surface area (Å²) in [6.07, 6.45) is 0.586. The topological polar surface area (TPSA) is 32.3 Å². The Balaban J connectivity index is 2.22. The fraction of sp³-hybridized carbons (Fsp3) is 0.562. The van der Waals surface area contributed by atoms with Crippen LogP contribution in [0.3, 0.4) is 0 Å². The first-order chi connectivity index (χ1) is 9.19. The van der Waals surface area contributed by atoms with Gasteiger partial charge >= 0.3 is 0 Å². The monoisotopic (exact) mass is 262 g/mol. The number of nitrogens with zero attached hydrogens (tertiary/aromatic N) is 1. The predicted molar refractivity (Wildman–Crippen MR) is 80.3 cm³/mol. The lowest BCUT2D eigenvalue weighted by atomic mass is 10.0. The van der Waals surface area contributed by atoms with Crippen LogP contribution < -0.4 is 5.32 Å². The van der Waals surface area contributed by atoms with E-state index in [0.29, 0.717) is 12.3 Å². The van der Waals surface area contributed by atoms with E-state index in [2.05, 4.69) is 36.5 Å². The molecule has 0 saturated heterocycles. The zero-order valence-corrected chi connectivity index (χ0v) is 12.4. The summed E-state index contributed by atoms with van der Waals surface area (Å²) >= 11 is 0. The number of hydrogen-bond donors (Lipinski definition) is 1. The summed E-state index contributed by atoms with van der Waals surface area (Å²) in [4.78, 5) is 13.7. The Bertz CT molecular complexity index is 360. The molecular weight excluding hydrogens is 236 g/mol. The summed E-state index contributed by atoms with van der Waals surface area (Å²) in [6, 6.07) is 10.5. The fourth-order valence-corrected chi connectivity index (χ4v) is 2.15. The number of benzene rings is 1. The molecule has 3 nitrogen and oxygen atoms in total. The van der Waals surface area contributed by atoms with Gasteiger partial charge in [0.2, 0.25) is 5.91 Å². The first-order valence-electron chi connectivity index (χ1n) is 7.22. The highest BCUT2D eigenvalue weighted by molar-refractivity contribution is 5.76. The zero-order chi connectivity index (χ0) is 14.1. The van der Waals surface area contributed by atoms with Gasteiger partial charge in [-0.1, -0.05) is 37.3 Å². The first kappa shape index (κ1) is 15.7. The maximum atomic E-state index is 11.8. The zero-order valence-electron chi connectivity index (χ0n) is 12.4. The molecule has 19 heavy (non-hydrogen) atoms. The third kappa shape index (κ3) is 5.43. The van der Waals surface area contributed by atoms with Gasteiger partial charge in [0.25, 0.3) is 0 Å². The number of amides is 1. The van der Waals surface area contributed by atoms with E-state index in [-0.39, 0.29) is 5.91 Å². The lowest BCUT2D eigenvalue weighted by Crippen LogP contribution is -2.33. The third-order valence-corrected chi connectivity index (χ3v) is 3.45. The van der Waals surface area contributed by atoms with Gasteiger partial charge < -0.3 is 10.2 Å². The minimum absolute atomic E-state index is 0.241. The van der Waals surface area contributed by atoms with Gasteiger partial charge in [0, 0.05) is 32.6 Å². The van der Waals surface area contributed by atoms with Crippen LogP contribution in [-0.4, -0.2) is 37.0 Å². The highest BCUT2D eigenvalue weighted by atomic mass is 16.2. The summed E-state index contributed by atoms with van der Waals surface area (Å²) in [5, 5.41) is 3.37. The molecule has 0 bridgehead atoms. The van der Waals surface area contributed by atoms with Crippen molar-refractivity contribution in [1.29, 1.82) is 0 Å². The molecule has 1 aromatic carbocycles. The van der Waals surface area contributed by atoms with Crippen molar-refractivity contribution in [2.45, 2.75) is 33.1 Å². The second-order valence-electron chi connectivity index (χ2n) is 4.83. The molecule has 0 aliphatic rings. The van der Waals surface area contributed by atoms with Crippen molar-refractivity contribution in [2.24, 2.45) is 0 Å². The third-order valence-electron chi connectivity index (χ3n) is 3.45. The lowest BCUT2D eigenvalue weighted by Gasteiger charge is -2.19. The molecule has 1 aromatic rings.